The van der Waals surface area contributed by atoms with Crippen LogP contribution in [0.25, 0.3) is 16.7 Å². The second kappa shape index (κ2) is 60.5. The zero-order valence-corrected chi connectivity index (χ0v) is 80.1. The first kappa shape index (κ1) is 115. The van der Waals surface area contributed by atoms with Gasteiger partial charge in [0.1, 0.15) is 74.8 Å². The molecule has 646 valence electrons. The fraction of sp³-hybridized carbons (Fsp3) is 0.365. The Morgan fingerprint density at radius 1 is 0.573 bits per heavy atom. The smallest absolute Gasteiger partial charge is 0.343 e. The number of carboxylic acid groups (broad SMARTS) is 1. The van der Waals surface area contributed by atoms with Crippen molar-refractivity contribution in [2.24, 2.45) is 28.5 Å². The van der Waals surface area contributed by atoms with Crippen LogP contribution >= 0.6 is 113 Å². The summed E-state index contributed by atoms with van der Waals surface area (Å²) >= 11 is 19.4. The van der Waals surface area contributed by atoms with Crippen LogP contribution in [0.3, 0.4) is 0 Å². The average Bonchev–Trinajstić information content (AvgIpc) is 0.759. The second-order valence-electron chi connectivity index (χ2n) is 24.0. The second-order valence-corrected chi connectivity index (χ2v) is 31.1. The summed E-state index contributed by atoms with van der Waals surface area (Å²) in [5.41, 5.74) is 2.61. The molecule has 0 spiro atoms. The summed E-state index contributed by atoms with van der Waals surface area (Å²) in [6.07, 6.45) is 6.65. The number of ketones is 1. The first-order chi connectivity index (χ1) is 54.4. The number of carboxylic acids is 1. The van der Waals surface area contributed by atoms with Crippen molar-refractivity contribution in [2.45, 2.75) is 87.4 Å². The van der Waals surface area contributed by atoms with Gasteiger partial charge in [-0.2, -0.15) is 0 Å². The first-order valence-electron chi connectivity index (χ1n) is 33.8. The maximum atomic E-state index is 14.0. The molecule has 6 rings (SSSR count). The van der Waals surface area contributed by atoms with Crippen molar-refractivity contribution in [2.75, 3.05) is 74.4 Å². The summed E-state index contributed by atoms with van der Waals surface area (Å²) in [5, 5.41) is 45.4. The fourth-order valence-electron chi connectivity index (χ4n) is 7.95. The molecule has 2 radical (unpaired) electrons. The molecule has 43 heteroatoms. The predicted molar refractivity (Wildman–Crippen MR) is 446 cm³/mol. The van der Waals surface area contributed by atoms with E-state index >= 15 is 0 Å². The molecule has 117 heavy (non-hydrogen) atoms. The van der Waals surface area contributed by atoms with Crippen molar-refractivity contribution in [1.29, 1.82) is 1.34 Å². The van der Waals surface area contributed by atoms with Gasteiger partial charge in [0, 0.05) is 156 Å². The Bertz CT molecular complexity index is 4470. The number of aromatic carboxylic acids is 1. The molecule has 0 bridgehead atoms. The van der Waals surface area contributed by atoms with Crippen molar-refractivity contribution >= 4 is 194 Å². The number of Topliss-reactive ketones (excluding diaryl/α,β-unsaturated/α-hetero) is 1. The Kier molecular flexibility index (Phi) is 59.6. The summed E-state index contributed by atoms with van der Waals surface area (Å²) in [5.74, 6) is -13.4. The van der Waals surface area contributed by atoms with Gasteiger partial charge in [-0.25, -0.2) is 67.7 Å². The summed E-state index contributed by atoms with van der Waals surface area (Å²) in [6, 6.07) is 7.77. The van der Waals surface area contributed by atoms with Gasteiger partial charge in [-0.05, 0) is 174 Å². The fourth-order valence-corrected chi connectivity index (χ4v) is 9.81. The molecular weight excluding hydrogens is 2200 g/mol. The number of hydrogen-bond donors (Lipinski definition) is 6. The van der Waals surface area contributed by atoms with E-state index in [-0.39, 0.29) is 145 Å². The molecule has 0 saturated heterocycles. The van der Waals surface area contributed by atoms with Gasteiger partial charge in [-0.3, -0.25) is 19.4 Å². The molecule has 6 aromatic rings. The van der Waals surface area contributed by atoms with Crippen LogP contribution in [0.2, 0.25) is 0 Å². The monoisotopic (exact) mass is 2280 g/mol. The molecule has 0 unspecified atom stereocenters. The molecule has 0 aliphatic heterocycles. The van der Waals surface area contributed by atoms with Crippen molar-refractivity contribution in [1.82, 2.24) is 14.4 Å². The van der Waals surface area contributed by atoms with E-state index in [2.05, 4.69) is 119 Å². The maximum absolute atomic E-state index is 14.0. The number of aromatic nitrogens is 1. The number of esters is 4. The minimum atomic E-state index is -1.67. The molecular formula is C74H85BBr5Cl3F9N5O18SU. The molecule has 1 aromatic heterocycles. The molecule has 7 N–H and O–H groups in total. The minimum absolute atomic E-state index is 0. The Balaban J connectivity index is -0.000000656. The minimum Gasteiger partial charge on any atom is -0.506 e. The van der Waals surface area contributed by atoms with Crippen LogP contribution in [0.15, 0.2) is 129 Å². The van der Waals surface area contributed by atoms with Gasteiger partial charge in [0.25, 0.3) is 5.24 Å². The molecule has 0 aliphatic rings. The zero-order valence-electron chi connectivity index (χ0n) is 65.9. The number of aliphatic hydroxyl groups excluding tert-OH is 4. The third-order valence-electron chi connectivity index (χ3n) is 14.0. The molecule has 0 aliphatic carbocycles. The Morgan fingerprint density at radius 2 is 0.974 bits per heavy atom. The van der Waals surface area contributed by atoms with E-state index in [9.17, 15) is 93.2 Å². The summed E-state index contributed by atoms with van der Waals surface area (Å²) < 4.78 is 154. The molecule has 5 aromatic carbocycles. The largest absolute Gasteiger partial charge is 0.506 e. The van der Waals surface area contributed by atoms with E-state index in [1.807, 2.05) is 55.6 Å². The van der Waals surface area contributed by atoms with Crippen molar-refractivity contribution in [3.8, 4) is 0 Å². The van der Waals surface area contributed by atoms with Gasteiger partial charge in [-0.1, -0.05) is 41.5 Å². The normalized spacial score (nSPS) is 11.7. The molecule has 0 amide bonds. The Morgan fingerprint density at radius 3 is 1.35 bits per heavy atom. The Hall–Kier alpha value is -5.96. The topological polar surface area (TPSA) is 341 Å². The third kappa shape index (κ3) is 42.4. The molecule has 0 saturated carbocycles. The zero-order chi connectivity index (χ0) is 91.3. The van der Waals surface area contributed by atoms with Crippen LogP contribution in [-0.4, -0.2) is 187 Å². The average molecular weight is 2290 g/mol. The summed E-state index contributed by atoms with van der Waals surface area (Å²) in [4.78, 5) is 99.7. The van der Waals surface area contributed by atoms with Crippen LogP contribution < -0.4 is 11.2 Å². The number of aliphatic imine (C=N–C) groups is 1. The third-order valence-corrected chi connectivity index (χ3v) is 17.2. The number of ether oxygens (including phenoxy) is 4. The number of rotatable bonds is 24. The number of benzene rings is 5. The maximum Gasteiger partial charge on any atom is 0.343 e. The molecule has 0 fully saturated rings. The first-order valence-corrected chi connectivity index (χ1v) is 40.4. The van der Waals surface area contributed by atoms with E-state index in [0.717, 1.165) is 30.5 Å². The van der Waals surface area contributed by atoms with Crippen molar-refractivity contribution < 1.29 is 153 Å². The van der Waals surface area contributed by atoms with Crippen LogP contribution in [0, 0.1) is 101 Å². The van der Waals surface area contributed by atoms with Crippen molar-refractivity contribution in [3.05, 3.63) is 209 Å². The predicted octanol–water partition coefficient (Wildman–Crippen LogP) is 16.3. The summed E-state index contributed by atoms with van der Waals surface area (Å²) in [7, 11) is 18.0. The number of carbonyl (C=O) groups is 7. The van der Waals surface area contributed by atoms with Gasteiger partial charge in [-0.15, -0.1) is 0 Å². The van der Waals surface area contributed by atoms with Gasteiger partial charge in [0.05, 0.1) is 108 Å². The Labute approximate surface area is 755 Å². The van der Waals surface area contributed by atoms with Gasteiger partial charge in [0.2, 0.25) is 20.4 Å². The van der Waals surface area contributed by atoms with Gasteiger partial charge in [0.15, 0.2) is 0 Å². The van der Waals surface area contributed by atoms with E-state index < -0.39 is 136 Å². The number of nitrogens with zero attached hydrogens (tertiary/aromatic N) is 4. The van der Waals surface area contributed by atoms with E-state index in [4.69, 9.17) is 47.3 Å². The number of carbonyl (C=O) groups excluding carboxylic acids is 6. The van der Waals surface area contributed by atoms with E-state index in [1.54, 1.807) is 57.5 Å². The van der Waals surface area contributed by atoms with E-state index in [0.29, 0.717) is 42.3 Å². The number of halogens is 17. The number of hydrogen-bond acceptors (Lipinski definition) is 21. The number of fused-ring (bicyclic) bond motifs is 1. The number of nitrogens with two attached hydrogens (primary N) is 1. The summed E-state index contributed by atoms with van der Waals surface area (Å²) in [6.45, 7) is 18.3. The van der Waals surface area contributed by atoms with Crippen LogP contribution in [-0.2, 0) is 42.6 Å². The standard InChI is InChI=1S/C17H20BrF2NO4.C17H19BrFNO4.C14H14BrF2NO3.C7H2BrClF2O.C7H3BrF2O2.C7H13NO2.C5H13NO.BH.Cl2OS.U/c1-4-25-17(24)11(7-21-15(8-22)9(2)3)16(23)10-5-12(18)14(20)6-13(10)19;1-4-24-17(23)11-7-20(15(8-21)9(2)3)14-6-13(19)12(18)5-10(14)16(11)22;1-4-21-14(20)9(7-18(2)3)13(19)8-5-10(15)12(17)6-11(8)16;8-4-1-3(7(9)12)5(10)2-6(4)11;8-4-1-3(7(11)12)5(9)2-6(4)10;1-4-10-7(9)5-6-8(2)3;1-4(2)5(6)3-7;;1-4(2)3;/h5-7,9,15,22-23H,4,8H2,1-3H3;5-7,9,15,21H,4,8H2,1-3H3;5-7H,4H2,1-3H3;1-2H;1-2H,(H,11,12);5-6H,4H2,1-3H3;4-5,7H,3,6H2,1-2H3;1H;;/b;;9-7-;;;6-5+;;;;/t2*15-;;;;;5-;;;/m01....1.../s1/i;;;;;;;1D;;. The van der Waals surface area contributed by atoms with Gasteiger partial charge >= 0.3 is 29.8 Å². The number of aliphatic hydroxyl groups is 4. The molecule has 23 nitrogen and oxygen atoms in total. The van der Waals surface area contributed by atoms with Crippen LogP contribution in [0.5, 0.6) is 0 Å². The quantitative estimate of drug-likeness (QED) is 0.00266. The van der Waals surface area contributed by atoms with Gasteiger partial charge < -0.3 is 64.6 Å². The SMILES string of the molecule is CC(C)[C@H](N)CO.CCOC(=O)/C(=C\N(C)C)C(=O)c1cc(Br)c(F)cc1F.CCOC(=O)/C=C/N(C)C.CCOC(=O)C(C=N[C@@H](CO)C(C)C)=C(O)c1cc(Br)c(F)cc1F.CCOC(=O)c1cn([C@H](CO)C(C)C)c2cc(F)c(Br)cc2c1=O.O=C(Cl)c1cc(Br)c(F)cc1F.O=C(O)c1cc(Br)c(F)cc1F.O=S(Cl)Cl.[2H][B].[U]. The molecule has 3 atom stereocenters. The van der Waals surface area contributed by atoms with E-state index in [1.165, 1.54) is 35.5 Å². The van der Waals surface area contributed by atoms with Crippen LogP contribution in [0.1, 0.15) is 122 Å². The number of pyridine rings is 1. The van der Waals surface area contributed by atoms with Crippen molar-refractivity contribution in [3.63, 3.8) is 0 Å². The van der Waals surface area contributed by atoms with Crippen LogP contribution in [0.4, 0.5) is 39.5 Å². The molecule has 1 heterocycles.